The number of anilines is 3. The van der Waals surface area contributed by atoms with Crippen molar-refractivity contribution >= 4 is 28.7 Å². The molecule has 0 unspecified atom stereocenters. The molecule has 6 heteroatoms. The minimum absolute atomic E-state index is 0.0147. The van der Waals surface area contributed by atoms with Crippen LogP contribution >= 0.6 is 0 Å². The topological polar surface area (TPSA) is 84.3 Å². The molecule has 0 fully saturated rings. The van der Waals surface area contributed by atoms with Gasteiger partial charge in [-0.3, -0.25) is 14.9 Å². The number of nitro groups is 1. The largest absolute Gasteiger partial charge is 0.350 e. The van der Waals surface area contributed by atoms with Crippen LogP contribution in [0.4, 0.5) is 22.7 Å². The molecular formula is C15H15N3O3. The lowest BCUT2D eigenvalue weighted by Crippen LogP contribution is -2.09. The molecule has 0 radical (unpaired) electrons. The number of nitrogens with one attached hydrogen (secondary N) is 2. The first kappa shape index (κ1) is 14.5. The predicted molar refractivity (Wildman–Crippen MR) is 81.7 cm³/mol. The third-order valence-electron chi connectivity index (χ3n) is 2.87. The summed E-state index contributed by atoms with van der Waals surface area (Å²) in [5.41, 5.74) is 1.84. The molecule has 0 aliphatic carbocycles. The van der Waals surface area contributed by atoms with E-state index in [1.165, 1.54) is 6.07 Å². The predicted octanol–water partition coefficient (Wildman–Crippen LogP) is 3.69. The van der Waals surface area contributed by atoms with E-state index < -0.39 is 4.92 Å². The van der Waals surface area contributed by atoms with Gasteiger partial charge in [-0.1, -0.05) is 19.1 Å². The van der Waals surface area contributed by atoms with E-state index >= 15 is 0 Å². The Bertz CT molecular complexity index is 653. The van der Waals surface area contributed by atoms with Crippen molar-refractivity contribution in [3.8, 4) is 0 Å². The summed E-state index contributed by atoms with van der Waals surface area (Å²) in [5.74, 6) is -0.0607. The van der Waals surface area contributed by atoms with E-state index in [-0.39, 0.29) is 11.6 Å². The fraction of sp³-hybridized carbons (Fsp3) is 0.133. The van der Waals surface area contributed by atoms with Crippen LogP contribution < -0.4 is 10.6 Å². The molecule has 6 nitrogen and oxygen atoms in total. The van der Waals surface area contributed by atoms with Gasteiger partial charge in [0.25, 0.3) is 5.69 Å². The van der Waals surface area contributed by atoms with Crippen molar-refractivity contribution in [1.82, 2.24) is 0 Å². The van der Waals surface area contributed by atoms with Gasteiger partial charge in [-0.05, 0) is 30.3 Å². The van der Waals surface area contributed by atoms with Crippen LogP contribution in [0.25, 0.3) is 0 Å². The molecule has 0 bridgehead atoms. The van der Waals surface area contributed by atoms with Gasteiger partial charge in [0.05, 0.1) is 4.92 Å². The van der Waals surface area contributed by atoms with E-state index in [1.807, 2.05) is 0 Å². The highest BCUT2D eigenvalue weighted by atomic mass is 16.6. The van der Waals surface area contributed by atoms with E-state index in [0.717, 1.165) is 0 Å². The summed E-state index contributed by atoms with van der Waals surface area (Å²) in [6.07, 6.45) is 0.413. The minimum atomic E-state index is -0.432. The van der Waals surface area contributed by atoms with Gasteiger partial charge < -0.3 is 10.6 Å². The highest BCUT2D eigenvalue weighted by molar-refractivity contribution is 5.90. The van der Waals surface area contributed by atoms with Gasteiger partial charge in [-0.15, -0.1) is 0 Å². The van der Waals surface area contributed by atoms with Gasteiger partial charge in [0, 0.05) is 23.9 Å². The molecule has 0 aliphatic heterocycles. The number of para-hydroxylation sites is 2. The summed E-state index contributed by atoms with van der Waals surface area (Å²) >= 11 is 0. The standard InChI is InChI=1S/C15H15N3O3/c1-2-15(19)17-12-9-7-11(8-10-12)16-13-5-3-4-6-14(13)18(20)21/h3-10,16H,2H2,1H3,(H,17,19). The number of carbonyl (C=O) groups is 1. The van der Waals surface area contributed by atoms with Crippen molar-refractivity contribution in [2.45, 2.75) is 13.3 Å². The van der Waals surface area contributed by atoms with Gasteiger partial charge in [-0.2, -0.15) is 0 Å². The smallest absolute Gasteiger partial charge is 0.292 e. The molecule has 0 heterocycles. The summed E-state index contributed by atoms with van der Waals surface area (Å²) in [5, 5.41) is 16.7. The average Bonchev–Trinajstić information content (AvgIpc) is 2.49. The molecule has 0 saturated heterocycles. The number of rotatable bonds is 5. The van der Waals surface area contributed by atoms with Gasteiger partial charge in [-0.25, -0.2) is 0 Å². The summed E-state index contributed by atoms with van der Waals surface area (Å²) < 4.78 is 0. The SMILES string of the molecule is CCC(=O)Nc1ccc(Nc2ccccc2[N+](=O)[O-])cc1. The third-order valence-corrected chi connectivity index (χ3v) is 2.87. The van der Waals surface area contributed by atoms with Crippen LogP contribution in [0.15, 0.2) is 48.5 Å². The number of amides is 1. The first-order chi connectivity index (χ1) is 10.1. The Kier molecular flexibility index (Phi) is 4.50. The molecule has 1 amide bonds. The first-order valence-corrected chi connectivity index (χ1v) is 6.50. The van der Waals surface area contributed by atoms with Gasteiger partial charge in [0.2, 0.25) is 5.91 Å². The lowest BCUT2D eigenvalue weighted by molar-refractivity contribution is -0.383. The van der Waals surface area contributed by atoms with Crippen LogP contribution in [0.2, 0.25) is 0 Å². The number of carbonyl (C=O) groups excluding carboxylic acids is 1. The van der Waals surface area contributed by atoms with E-state index in [2.05, 4.69) is 10.6 Å². The molecule has 21 heavy (non-hydrogen) atoms. The lowest BCUT2D eigenvalue weighted by atomic mass is 10.2. The zero-order valence-electron chi connectivity index (χ0n) is 11.5. The number of hydrogen-bond donors (Lipinski definition) is 2. The molecule has 0 aromatic heterocycles. The van der Waals surface area contributed by atoms with Gasteiger partial charge >= 0.3 is 0 Å². The van der Waals surface area contributed by atoms with Crippen molar-refractivity contribution in [1.29, 1.82) is 0 Å². The van der Waals surface area contributed by atoms with E-state index in [0.29, 0.717) is 23.5 Å². The molecule has 0 aliphatic rings. The summed E-state index contributed by atoms with van der Waals surface area (Å²) in [4.78, 5) is 21.8. The second-order valence-electron chi connectivity index (χ2n) is 4.38. The van der Waals surface area contributed by atoms with Crippen molar-refractivity contribution in [3.05, 3.63) is 58.6 Å². The van der Waals surface area contributed by atoms with E-state index in [1.54, 1.807) is 49.4 Å². The summed E-state index contributed by atoms with van der Waals surface area (Å²) in [6.45, 7) is 1.78. The molecule has 0 spiro atoms. The Balaban J connectivity index is 2.14. The molecular weight excluding hydrogens is 270 g/mol. The van der Waals surface area contributed by atoms with Crippen LogP contribution in [0.1, 0.15) is 13.3 Å². The Morgan fingerprint density at radius 2 is 1.71 bits per heavy atom. The maximum absolute atomic E-state index is 11.3. The maximum atomic E-state index is 11.3. The minimum Gasteiger partial charge on any atom is -0.350 e. The quantitative estimate of drug-likeness (QED) is 0.648. The monoisotopic (exact) mass is 285 g/mol. The Morgan fingerprint density at radius 1 is 1.10 bits per heavy atom. The van der Waals surface area contributed by atoms with Crippen LogP contribution in [0.5, 0.6) is 0 Å². The number of benzene rings is 2. The maximum Gasteiger partial charge on any atom is 0.292 e. The van der Waals surface area contributed by atoms with Crippen molar-refractivity contribution in [2.75, 3.05) is 10.6 Å². The lowest BCUT2D eigenvalue weighted by Gasteiger charge is -2.08. The molecule has 0 saturated carbocycles. The van der Waals surface area contributed by atoms with Crippen molar-refractivity contribution < 1.29 is 9.72 Å². The highest BCUT2D eigenvalue weighted by Gasteiger charge is 2.12. The number of nitrogens with zero attached hydrogens (tertiary/aromatic N) is 1. The third kappa shape index (κ3) is 3.79. The average molecular weight is 285 g/mol. The highest BCUT2D eigenvalue weighted by Crippen LogP contribution is 2.27. The van der Waals surface area contributed by atoms with E-state index in [9.17, 15) is 14.9 Å². The van der Waals surface area contributed by atoms with Crippen LogP contribution in [-0.4, -0.2) is 10.8 Å². The van der Waals surface area contributed by atoms with Crippen LogP contribution in [0, 0.1) is 10.1 Å². The van der Waals surface area contributed by atoms with Gasteiger partial charge in [0.1, 0.15) is 5.69 Å². The van der Waals surface area contributed by atoms with Crippen LogP contribution in [-0.2, 0) is 4.79 Å². The molecule has 2 rings (SSSR count). The summed E-state index contributed by atoms with van der Waals surface area (Å²) in [7, 11) is 0. The fourth-order valence-electron chi connectivity index (χ4n) is 1.78. The first-order valence-electron chi connectivity index (χ1n) is 6.50. The van der Waals surface area contributed by atoms with Crippen molar-refractivity contribution in [3.63, 3.8) is 0 Å². The van der Waals surface area contributed by atoms with Crippen LogP contribution in [0.3, 0.4) is 0 Å². The molecule has 0 atom stereocenters. The molecule has 2 aromatic carbocycles. The molecule has 108 valence electrons. The second-order valence-corrected chi connectivity index (χ2v) is 4.38. The number of hydrogen-bond acceptors (Lipinski definition) is 4. The zero-order valence-corrected chi connectivity index (χ0v) is 11.5. The molecule has 2 aromatic rings. The summed E-state index contributed by atoms with van der Waals surface area (Å²) in [6, 6.07) is 13.4. The Morgan fingerprint density at radius 3 is 2.33 bits per heavy atom. The molecule has 2 N–H and O–H groups in total. The van der Waals surface area contributed by atoms with E-state index in [4.69, 9.17) is 0 Å². The fourth-order valence-corrected chi connectivity index (χ4v) is 1.78. The van der Waals surface area contributed by atoms with Crippen molar-refractivity contribution in [2.24, 2.45) is 0 Å². The zero-order chi connectivity index (χ0) is 15.2. The second kappa shape index (κ2) is 6.51. The normalized spacial score (nSPS) is 9.95. The number of nitro benzene ring substituents is 1. The Labute approximate surface area is 121 Å². The van der Waals surface area contributed by atoms with Gasteiger partial charge in [0.15, 0.2) is 0 Å². The Hall–Kier alpha value is -2.89.